The zero-order chi connectivity index (χ0) is 18.4. The molecule has 0 atom stereocenters. The summed E-state index contributed by atoms with van der Waals surface area (Å²) in [5.41, 5.74) is 3.43. The number of rotatable bonds is 4. The molecule has 27 heavy (non-hydrogen) atoms. The van der Waals surface area contributed by atoms with Crippen molar-refractivity contribution >= 4 is 41.5 Å². The third kappa shape index (κ3) is 5.69. The number of hydrogen-bond acceptors (Lipinski definition) is 2. The molecule has 1 heterocycles. The van der Waals surface area contributed by atoms with Crippen LogP contribution in [0.5, 0.6) is 0 Å². The van der Waals surface area contributed by atoms with E-state index in [0.29, 0.717) is 12.5 Å². The van der Waals surface area contributed by atoms with Gasteiger partial charge in [-0.1, -0.05) is 48.5 Å². The van der Waals surface area contributed by atoms with Crippen molar-refractivity contribution in [3.05, 3.63) is 65.7 Å². The Bertz CT molecular complexity index is 777. The summed E-state index contributed by atoms with van der Waals surface area (Å²) in [7, 11) is 3.86. The number of carbonyl (C=O) groups is 1. The minimum Gasteiger partial charge on any atom is -0.349 e. The topological polar surface area (TPSA) is 47.9 Å². The van der Waals surface area contributed by atoms with Gasteiger partial charge < -0.3 is 15.1 Å². The number of benzene rings is 2. The number of anilines is 1. The van der Waals surface area contributed by atoms with Crippen molar-refractivity contribution in [2.75, 3.05) is 32.1 Å². The van der Waals surface area contributed by atoms with E-state index >= 15 is 0 Å². The summed E-state index contributed by atoms with van der Waals surface area (Å²) < 4.78 is 0. The van der Waals surface area contributed by atoms with E-state index in [4.69, 9.17) is 0 Å². The minimum atomic E-state index is 0. The van der Waals surface area contributed by atoms with Crippen LogP contribution in [0.3, 0.4) is 0 Å². The van der Waals surface area contributed by atoms with Crippen LogP contribution in [0.2, 0.25) is 0 Å². The number of guanidine groups is 1. The van der Waals surface area contributed by atoms with Crippen molar-refractivity contribution in [1.29, 1.82) is 0 Å². The molecule has 144 valence electrons. The predicted octanol–water partition coefficient (Wildman–Crippen LogP) is 3.29. The van der Waals surface area contributed by atoms with Gasteiger partial charge in [-0.15, -0.1) is 24.0 Å². The number of nitrogens with one attached hydrogen (secondary N) is 1. The van der Waals surface area contributed by atoms with Crippen LogP contribution in [0, 0.1) is 0 Å². The molecule has 1 aliphatic heterocycles. The van der Waals surface area contributed by atoms with Gasteiger partial charge in [0.1, 0.15) is 0 Å². The summed E-state index contributed by atoms with van der Waals surface area (Å²) in [4.78, 5) is 21.2. The number of aryl methyl sites for hydroxylation is 1. The zero-order valence-electron chi connectivity index (χ0n) is 15.9. The van der Waals surface area contributed by atoms with Crippen molar-refractivity contribution in [2.24, 2.45) is 4.99 Å². The minimum absolute atomic E-state index is 0. The van der Waals surface area contributed by atoms with Gasteiger partial charge in [-0.3, -0.25) is 4.79 Å². The molecule has 0 spiro atoms. The fourth-order valence-electron chi connectivity index (χ4n) is 3.15. The molecule has 1 amide bonds. The highest BCUT2D eigenvalue weighted by atomic mass is 127. The predicted molar refractivity (Wildman–Crippen MR) is 122 cm³/mol. The van der Waals surface area contributed by atoms with Crippen molar-refractivity contribution in [2.45, 2.75) is 19.4 Å². The molecule has 2 aromatic carbocycles. The van der Waals surface area contributed by atoms with E-state index in [2.05, 4.69) is 16.4 Å². The Labute approximate surface area is 178 Å². The Morgan fingerprint density at radius 3 is 2.56 bits per heavy atom. The quantitative estimate of drug-likeness (QED) is 0.417. The third-order valence-corrected chi connectivity index (χ3v) is 4.49. The first-order valence-corrected chi connectivity index (χ1v) is 9.03. The van der Waals surface area contributed by atoms with Gasteiger partial charge in [-0.25, -0.2) is 4.99 Å². The fourth-order valence-corrected chi connectivity index (χ4v) is 3.15. The smallest absolute Gasteiger partial charge is 0.246 e. The molecule has 0 saturated carbocycles. The third-order valence-electron chi connectivity index (χ3n) is 4.49. The van der Waals surface area contributed by atoms with Crippen LogP contribution in [0.15, 0.2) is 59.6 Å². The molecule has 0 fully saturated rings. The summed E-state index contributed by atoms with van der Waals surface area (Å²) in [6, 6.07) is 18.3. The second kappa shape index (κ2) is 10.3. The van der Waals surface area contributed by atoms with Gasteiger partial charge in [-0.2, -0.15) is 0 Å². The number of fused-ring (bicyclic) bond motifs is 1. The monoisotopic (exact) mass is 478 g/mol. The van der Waals surface area contributed by atoms with E-state index < -0.39 is 0 Å². The average molecular weight is 478 g/mol. The first-order chi connectivity index (χ1) is 12.6. The van der Waals surface area contributed by atoms with Crippen LogP contribution in [-0.4, -0.2) is 44.0 Å². The highest BCUT2D eigenvalue weighted by Gasteiger charge is 2.22. The second-order valence-electron chi connectivity index (χ2n) is 6.65. The maximum absolute atomic E-state index is 12.8. The first-order valence-electron chi connectivity index (χ1n) is 9.03. The molecule has 1 aliphatic rings. The lowest BCUT2D eigenvalue weighted by Crippen LogP contribution is -2.45. The van der Waals surface area contributed by atoms with Crippen LogP contribution in [-0.2, 0) is 17.8 Å². The molecular formula is C21H27IN4O. The van der Waals surface area contributed by atoms with Gasteiger partial charge in [-0.05, 0) is 30.0 Å². The van der Waals surface area contributed by atoms with Gasteiger partial charge in [0.2, 0.25) is 5.91 Å². The number of halogens is 1. The summed E-state index contributed by atoms with van der Waals surface area (Å²) in [6.07, 6.45) is 2.04. The molecule has 0 radical (unpaired) electrons. The maximum atomic E-state index is 12.8. The SMILES string of the molecule is CN(C)C(=NCc1ccccc1)NCC(=O)N1CCCc2ccccc21.I. The molecule has 1 N–H and O–H groups in total. The average Bonchev–Trinajstić information content (AvgIpc) is 2.67. The number of hydrogen-bond donors (Lipinski definition) is 1. The molecule has 0 unspecified atom stereocenters. The Balaban J connectivity index is 0.00000261. The summed E-state index contributed by atoms with van der Waals surface area (Å²) >= 11 is 0. The second-order valence-corrected chi connectivity index (χ2v) is 6.65. The molecule has 0 aliphatic carbocycles. The largest absolute Gasteiger partial charge is 0.349 e. The van der Waals surface area contributed by atoms with E-state index in [1.54, 1.807) is 0 Å². The normalized spacial score (nSPS) is 13.4. The van der Waals surface area contributed by atoms with E-state index in [9.17, 15) is 4.79 Å². The molecule has 0 saturated heterocycles. The van der Waals surface area contributed by atoms with Gasteiger partial charge >= 0.3 is 0 Å². The molecule has 2 aromatic rings. The molecule has 0 aromatic heterocycles. The Morgan fingerprint density at radius 1 is 1.11 bits per heavy atom. The molecule has 5 nitrogen and oxygen atoms in total. The highest BCUT2D eigenvalue weighted by Crippen LogP contribution is 2.26. The van der Waals surface area contributed by atoms with Crippen LogP contribution in [0.25, 0.3) is 0 Å². The van der Waals surface area contributed by atoms with Crippen molar-refractivity contribution < 1.29 is 4.79 Å². The zero-order valence-corrected chi connectivity index (χ0v) is 18.2. The standard InChI is InChI=1S/C21H26N4O.HI/c1-24(2)21(22-15-17-9-4-3-5-10-17)23-16-20(26)25-14-8-12-18-11-6-7-13-19(18)25;/h3-7,9-11,13H,8,12,14-16H2,1-2H3,(H,22,23);1H. The Kier molecular flexibility index (Phi) is 8.09. The van der Waals surface area contributed by atoms with Crippen LogP contribution < -0.4 is 10.2 Å². The highest BCUT2D eigenvalue weighted by molar-refractivity contribution is 14.0. The van der Waals surface area contributed by atoms with E-state index in [0.717, 1.165) is 30.6 Å². The number of amides is 1. The molecular weight excluding hydrogens is 451 g/mol. The Hall–Kier alpha value is -2.09. The summed E-state index contributed by atoms with van der Waals surface area (Å²) in [6.45, 7) is 1.60. The first kappa shape index (κ1) is 21.2. The van der Waals surface area contributed by atoms with E-state index in [-0.39, 0.29) is 36.4 Å². The summed E-state index contributed by atoms with van der Waals surface area (Å²) in [5.74, 6) is 0.791. The molecule has 3 rings (SSSR count). The van der Waals surface area contributed by atoms with Crippen molar-refractivity contribution in [1.82, 2.24) is 10.2 Å². The number of para-hydroxylation sites is 1. The number of carbonyl (C=O) groups excluding carboxylic acids is 1. The van der Waals surface area contributed by atoms with Gasteiger partial charge in [0.05, 0.1) is 13.1 Å². The fraction of sp³-hybridized carbons (Fsp3) is 0.333. The van der Waals surface area contributed by atoms with Crippen LogP contribution in [0.1, 0.15) is 17.5 Å². The Morgan fingerprint density at radius 2 is 1.81 bits per heavy atom. The van der Waals surface area contributed by atoms with Crippen LogP contribution in [0.4, 0.5) is 5.69 Å². The van der Waals surface area contributed by atoms with Crippen LogP contribution >= 0.6 is 24.0 Å². The number of aliphatic imine (C=N–C) groups is 1. The van der Waals surface area contributed by atoms with E-state index in [1.165, 1.54) is 5.56 Å². The maximum Gasteiger partial charge on any atom is 0.246 e. The lowest BCUT2D eigenvalue weighted by molar-refractivity contribution is -0.117. The van der Waals surface area contributed by atoms with E-state index in [1.807, 2.05) is 72.4 Å². The number of nitrogens with zero attached hydrogens (tertiary/aromatic N) is 3. The summed E-state index contributed by atoms with van der Waals surface area (Å²) in [5, 5.41) is 3.20. The van der Waals surface area contributed by atoms with Gasteiger partial charge in [0, 0.05) is 26.3 Å². The molecule has 0 bridgehead atoms. The molecule has 6 heteroatoms. The van der Waals surface area contributed by atoms with Gasteiger partial charge in [0.25, 0.3) is 0 Å². The lowest BCUT2D eigenvalue weighted by atomic mass is 10.0. The van der Waals surface area contributed by atoms with Crippen molar-refractivity contribution in [3.63, 3.8) is 0 Å². The lowest BCUT2D eigenvalue weighted by Gasteiger charge is -2.30. The van der Waals surface area contributed by atoms with Gasteiger partial charge in [0.15, 0.2) is 5.96 Å². The van der Waals surface area contributed by atoms with Crippen molar-refractivity contribution in [3.8, 4) is 0 Å².